The predicted molar refractivity (Wildman–Crippen MR) is 138 cm³/mol. The van der Waals surface area contributed by atoms with Gasteiger partial charge in [-0.1, -0.05) is 6.07 Å². The number of nitrogens with one attached hydrogen (secondary N) is 1. The van der Waals surface area contributed by atoms with Gasteiger partial charge in [0.1, 0.15) is 11.7 Å². The molecule has 0 saturated carbocycles. The van der Waals surface area contributed by atoms with Crippen molar-refractivity contribution in [3.05, 3.63) is 57.2 Å². The standard InChI is InChI=1S/C26H30N5O8/c1-38-21-6-3-15(10-22(21)39-2)7-8-29-24(33)18(27-26(29)35)11-23(32)28-12-16-9-17(14-28)19-4-5-20(31(36)37)25(34)30(19)13-16/h3-6,10,16-18,36H,7-9,11-14H2,1-2H3,(H,27,35)/q-1/t16-,17+,18+/m1/s1. The van der Waals surface area contributed by atoms with Crippen LogP contribution in [-0.2, 0) is 22.6 Å². The maximum absolute atomic E-state index is 13.2. The molecular formula is C26H30N5O8-. The summed E-state index contributed by atoms with van der Waals surface area (Å²) in [6.07, 6.45) is 1.04. The Morgan fingerprint density at radius 2 is 1.87 bits per heavy atom. The van der Waals surface area contributed by atoms with Crippen LogP contribution in [0.25, 0.3) is 0 Å². The molecular weight excluding hydrogens is 510 g/mol. The topological polar surface area (TPSA) is 157 Å². The average molecular weight is 541 g/mol. The third-order valence-corrected chi connectivity index (χ3v) is 7.70. The van der Waals surface area contributed by atoms with Crippen LogP contribution in [0.2, 0.25) is 0 Å². The number of hydrogen-bond acceptors (Lipinski definition) is 9. The molecule has 0 unspecified atom stereocenters. The van der Waals surface area contributed by atoms with Crippen molar-refractivity contribution in [1.29, 1.82) is 0 Å². The lowest BCUT2D eigenvalue weighted by atomic mass is 9.83. The van der Waals surface area contributed by atoms with Crippen molar-refractivity contribution in [3.63, 3.8) is 0 Å². The normalized spacial score (nSPS) is 21.9. The van der Waals surface area contributed by atoms with Gasteiger partial charge >= 0.3 is 6.03 Å². The van der Waals surface area contributed by atoms with E-state index < -0.39 is 28.8 Å². The van der Waals surface area contributed by atoms with E-state index in [0.29, 0.717) is 43.2 Å². The highest BCUT2D eigenvalue weighted by molar-refractivity contribution is 6.05. The number of hydrogen-bond donors (Lipinski definition) is 2. The highest BCUT2D eigenvalue weighted by Gasteiger charge is 2.42. The lowest BCUT2D eigenvalue weighted by Crippen LogP contribution is -2.50. The Bertz CT molecular complexity index is 1360. The van der Waals surface area contributed by atoms with Crippen molar-refractivity contribution < 1.29 is 29.1 Å². The minimum atomic E-state index is -0.942. The molecule has 3 atom stereocenters. The van der Waals surface area contributed by atoms with Gasteiger partial charge in [0, 0.05) is 37.8 Å². The number of ether oxygens (including phenoxy) is 2. The molecule has 3 aliphatic rings. The Morgan fingerprint density at radius 3 is 2.59 bits per heavy atom. The van der Waals surface area contributed by atoms with Gasteiger partial charge < -0.3 is 34.7 Å². The maximum Gasteiger partial charge on any atom is 0.324 e. The highest BCUT2D eigenvalue weighted by atomic mass is 16.8. The monoisotopic (exact) mass is 540 g/mol. The van der Waals surface area contributed by atoms with E-state index in [9.17, 15) is 29.6 Å². The van der Waals surface area contributed by atoms with E-state index in [2.05, 4.69) is 5.32 Å². The average Bonchev–Trinajstić information content (AvgIpc) is 3.18. The third kappa shape index (κ3) is 5.02. The van der Waals surface area contributed by atoms with Gasteiger partial charge in [-0.2, -0.15) is 0 Å². The largest absolute Gasteiger partial charge is 0.733 e. The van der Waals surface area contributed by atoms with Gasteiger partial charge in [0.15, 0.2) is 11.5 Å². The fourth-order valence-corrected chi connectivity index (χ4v) is 5.79. The molecule has 2 bridgehead atoms. The van der Waals surface area contributed by atoms with Gasteiger partial charge in [0.25, 0.3) is 11.5 Å². The van der Waals surface area contributed by atoms with Crippen molar-refractivity contribution in [3.8, 4) is 11.5 Å². The van der Waals surface area contributed by atoms with Crippen LogP contribution in [0.3, 0.4) is 0 Å². The zero-order chi connectivity index (χ0) is 27.8. The summed E-state index contributed by atoms with van der Waals surface area (Å²) in [6.45, 7) is 1.22. The van der Waals surface area contributed by atoms with Gasteiger partial charge in [-0.3, -0.25) is 24.5 Å². The molecule has 2 aromatic rings. The van der Waals surface area contributed by atoms with Crippen LogP contribution in [0.5, 0.6) is 11.5 Å². The van der Waals surface area contributed by atoms with Crippen molar-refractivity contribution in [2.75, 3.05) is 39.1 Å². The van der Waals surface area contributed by atoms with Gasteiger partial charge in [0.2, 0.25) is 5.91 Å². The Hall–Kier alpha value is -4.10. The van der Waals surface area contributed by atoms with Crippen molar-refractivity contribution >= 4 is 23.5 Å². The summed E-state index contributed by atoms with van der Waals surface area (Å²) in [6, 6.07) is 6.82. The Labute approximate surface area is 224 Å². The molecule has 0 spiro atoms. The van der Waals surface area contributed by atoms with E-state index in [-0.39, 0.29) is 36.4 Å². The molecule has 1 aromatic carbocycles. The minimum Gasteiger partial charge on any atom is -0.733 e. The van der Waals surface area contributed by atoms with Gasteiger partial charge in [0.05, 0.1) is 20.6 Å². The molecule has 2 fully saturated rings. The number of pyridine rings is 1. The Kier molecular flexibility index (Phi) is 7.19. The number of benzene rings is 1. The van der Waals surface area contributed by atoms with Crippen LogP contribution in [0.15, 0.2) is 35.1 Å². The molecule has 1 aromatic heterocycles. The molecule has 13 nitrogen and oxygen atoms in total. The second kappa shape index (κ2) is 10.6. The van der Waals surface area contributed by atoms with Crippen LogP contribution >= 0.6 is 0 Å². The van der Waals surface area contributed by atoms with E-state index in [1.165, 1.54) is 17.7 Å². The first-order valence-electron chi connectivity index (χ1n) is 12.7. The first-order chi connectivity index (χ1) is 18.7. The van der Waals surface area contributed by atoms with Gasteiger partial charge in [-0.25, -0.2) is 4.79 Å². The summed E-state index contributed by atoms with van der Waals surface area (Å²) in [5, 5.41) is 22.7. The Balaban J connectivity index is 1.21. The van der Waals surface area contributed by atoms with E-state index >= 15 is 0 Å². The van der Waals surface area contributed by atoms with Crippen LogP contribution in [-0.4, -0.2) is 77.3 Å². The smallest absolute Gasteiger partial charge is 0.324 e. The van der Waals surface area contributed by atoms with Crippen molar-refractivity contribution in [2.24, 2.45) is 5.92 Å². The summed E-state index contributed by atoms with van der Waals surface area (Å²) >= 11 is 0. The van der Waals surface area contributed by atoms with E-state index in [0.717, 1.165) is 16.9 Å². The van der Waals surface area contributed by atoms with Gasteiger partial charge in [-0.15, -0.1) is 0 Å². The molecule has 0 aliphatic carbocycles. The number of carbonyl (C=O) groups excluding carboxylic acids is 3. The number of likely N-dealkylation sites (tertiary alicyclic amines) is 1. The highest BCUT2D eigenvalue weighted by Crippen LogP contribution is 2.36. The molecule has 0 radical (unpaired) electrons. The lowest BCUT2D eigenvalue weighted by Gasteiger charge is -2.43. The van der Waals surface area contributed by atoms with Crippen LogP contribution in [0, 0.1) is 11.1 Å². The number of imide groups is 1. The number of methoxy groups -OCH3 is 2. The van der Waals surface area contributed by atoms with Crippen molar-refractivity contribution in [2.45, 2.75) is 37.8 Å². The second-order valence-corrected chi connectivity index (χ2v) is 10.1. The number of carbonyl (C=O) groups is 3. The summed E-state index contributed by atoms with van der Waals surface area (Å²) < 4.78 is 12.0. The molecule has 208 valence electrons. The zero-order valence-electron chi connectivity index (χ0n) is 21.7. The Morgan fingerprint density at radius 1 is 1.10 bits per heavy atom. The fourth-order valence-electron chi connectivity index (χ4n) is 5.79. The molecule has 39 heavy (non-hydrogen) atoms. The summed E-state index contributed by atoms with van der Waals surface area (Å²) in [7, 11) is 3.07. The van der Waals surface area contributed by atoms with Gasteiger partial charge in [-0.05, 0) is 48.6 Å². The molecule has 3 aliphatic heterocycles. The number of urea groups is 1. The summed E-state index contributed by atoms with van der Waals surface area (Å²) in [4.78, 5) is 54.2. The zero-order valence-corrected chi connectivity index (χ0v) is 21.7. The predicted octanol–water partition coefficient (Wildman–Crippen LogP) is 1.06. The van der Waals surface area contributed by atoms with Crippen molar-refractivity contribution in [1.82, 2.24) is 19.7 Å². The van der Waals surface area contributed by atoms with Crippen LogP contribution in [0.1, 0.15) is 30.0 Å². The molecule has 13 heteroatoms. The van der Waals surface area contributed by atoms with Crippen LogP contribution in [0.4, 0.5) is 10.5 Å². The number of aromatic nitrogens is 1. The van der Waals surface area contributed by atoms with E-state index in [1.807, 2.05) is 6.07 Å². The molecule has 2 N–H and O–H groups in total. The minimum absolute atomic E-state index is 0.0150. The lowest BCUT2D eigenvalue weighted by molar-refractivity contribution is -0.137. The fraction of sp³-hybridized carbons (Fsp3) is 0.462. The molecule has 4 heterocycles. The second-order valence-electron chi connectivity index (χ2n) is 10.1. The third-order valence-electron chi connectivity index (χ3n) is 7.70. The first kappa shape index (κ1) is 26.5. The summed E-state index contributed by atoms with van der Waals surface area (Å²) in [5.74, 6) is 0.305. The number of nitrogens with zero attached hydrogens (tertiary/aromatic N) is 4. The summed E-state index contributed by atoms with van der Waals surface area (Å²) in [5.41, 5.74) is 0.650. The molecule has 4 amide bonds. The first-order valence-corrected chi connectivity index (χ1v) is 12.7. The SMILES string of the molecule is COc1ccc(CCN2C(=O)N[C@@H](CC(=O)N3C[C@H]4C[C@@H](C3)c3ccc(N([O-])O)c(=O)n3C4)C2=O)cc1OC. The maximum atomic E-state index is 13.2. The van der Waals surface area contributed by atoms with Crippen LogP contribution < -0.4 is 25.6 Å². The number of rotatable bonds is 8. The number of piperidine rings is 1. The number of amides is 4. The number of fused-ring (bicyclic) bond motifs is 4. The number of anilines is 1. The molecule has 5 rings (SSSR count). The van der Waals surface area contributed by atoms with E-state index in [4.69, 9.17) is 9.47 Å². The molecule has 2 saturated heterocycles. The van der Waals surface area contributed by atoms with E-state index in [1.54, 1.807) is 30.2 Å². The quantitative estimate of drug-likeness (QED) is 0.369.